The molecule has 0 saturated carbocycles. The molecule has 2 aliphatic rings. The van der Waals surface area contributed by atoms with Gasteiger partial charge in [0.25, 0.3) is 0 Å². The largest absolute Gasteiger partial charge is 0.453 e. The number of methoxy groups -OCH3 is 1. The Morgan fingerprint density at radius 3 is 2.75 bits per heavy atom. The highest BCUT2D eigenvalue weighted by molar-refractivity contribution is 5.78. The number of carbonyl (C=O) groups is 2. The first-order chi connectivity index (χ1) is 7.54. The minimum absolute atomic E-state index is 0.566. The van der Waals surface area contributed by atoms with Crippen LogP contribution in [0.25, 0.3) is 0 Å². The van der Waals surface area contributed by atoms with Gasteiger partial charge in [0.2, 0.25) is 0 Å². The third-order valence-electron chi connectivity index (χ3n) is 2.54. The summed E-state index contributed by atoms with van der Waals surface area (Å²) >= 11 is 0. The predicted molar refractivity (Wildman–Crippen MR) is 47.1 cm³/mol. The lowest BCUT2D eigenvalue weighted by molar-refractivity contribution is -0.259. The molecule has 0 aromatic heterocycles. The van der Waals surface area contributed by atoms with Crippen molar-refractivity contribution in [3.05, 3.63) is 0 Å². The summed E-state index contributed by atoms with van der Waals surface area (Å²) in [5.41, 5.74) is 0. The van der Waals surface area contributed by atoms with Crippen LogP contribution in [0, 0.1) is 0 Å². The lowest BCUT2D eigenvalue weighted by Crippen LogP contribution is -2.55. The van der Waals surface area contributed by atoms with E-state index in [-0.39, 0.29) is 0 Å². The second-order valence-corrected chi connectivity index (χ2v) is 3.63. The van der Waals surface area contributed by atoms with E-state index in [0.29, 0.717) is 0 Å². The molecule has 1 N–H and O–H groups in total. The molecule has 90 valence electrons. The Labute approximate surface area is 91.2 Å². The van der Waals surface area contributed by atoms with Gasteiger partial charge in [0.1, 0.15) is 6.10 Å². The Balaban J connectivity index is 2.20. The highest BCUT2D eigenvalue weighted by Gasteiger charge is 2.58. The Morgan fingerprint density at radius 1 is 1.50 bits per heavy atom. The van der Waals surface area contributed by atoms with Crippen molar-refractivity contribution in [1.29, 1.82) is 0 Å². The number of hydrogen-bond donors (Lipinski definition) is 1. The molecule has 2 aliphatic heterocycles. The summed E-state index contributed by atoms with van der Waals surface area (Å²) in [5, 5.41) is 9.66. The Hall–Kier alpha value is -1.18. The van der Waals surface area contributed by atoms with Crippen LogP contribution in [-0.2, 0) is 28.5 Å². The molecule has 2 saturated heterocycles. The molecule has 16 heavy (non-hydrogen) atoms. The molecule has 5 atom stereocenters. The number of carbonyl (C=O) groups excluding carboxylic acids is 2. The van der Waals surface area contributed by atoms with Gasteiger partial charge in [-0.15, -0.1) is 0 Å². The molecule has 0 spiro atoms. The lowest BCUT2D eigenvalue weighted by atomic mass is 10.0. The third kappa shape index (κ3) is 1.66. The normalized spacial score (nSPS) is 41.7. The number of aliphatic hydroxyl groups excluding tert-OH is 1. The van der Waals surface area contributed by atoms with E-state index >= 15 is 0 Å². The summed E-state index contributed by atoms with van der Waals surface area (Å²) in [4.78, 5) is 22.1. The molecular weight excluding hydrogens is 220 g/mol. The van der Waals surface area contributed by atoms with Crippen LogP contribution in [0.5, 0.6) is 0 Å². The number of aliphatic hydroxyl groups is 1. The van der Waals surface area contributed by atoms with Gasteiger partial charge < -0.3 is 24.1 Å². The van der Waals surface area contributed by atoms with Crippen LogP contribution in [0.15, 0.2) is 0 Å². The van der Waals surface area contributed by atoms with Gasteiger partial charge in [-0.2, -0.15) is 0 Å². The van der Waals surface area contributed by atoms with E-state index in [2.05, 4.69) is 0 Å². The summed E-state index contributed by atoms with van der Waals surface area (Å²) in [6.45, 7) is 1.21. The van der Waals surface area contributed by atoms with E-state index in [1.165, 1.54) is 14.0 Å². The summed E-state index contributed by atoms with van der Waals surface area (Å²) < 4.78 is 19.9. The highest BCUT2D eigenvalue weighted by Crippen LogP contribution is 2.32. The second-order valence-electron chi connectivity index (χ2n) is 3.63. The van der Waals surface area contributed by atoms with Gasteiger partial charge in [0.05, 0.1) is 0 Å². The number of hydrogen-bond acceptors (Lipinski definition) is 7. The third-order valence-corrected chi connectivity index (χ3v) is 2.54. The quantitative estimate of drug-likeness (QED) is 0.584. The van der Waals surface area contributed by atoms with Crippen LogP contribution >= 0.6 is 0 Å². The molecule has 0 aromatic rings. The molecule has 0 aromatic carbocycles. The zero-order valence-corrected chi connectivity index (χ0v) is 8.78. The second kappa shape index (κ2) is 4.00. The molecule has 2 heterocycles. The average Bonchev–Trinajstić information content (AvgIpc) is 2.41. The van der Waals surface area contributed by atoms with Crippen molar-refractivity contribution in [2.45, 2.75) is 37.6 Å². The molecule has 7 heteroatoms. The first kappa shape index (κ1) is 11.3. The number of esters is 2. The van der Waals surface area contributed by atoms with Gasteiger partial charge in [0.15, 0.2) is 24.6 Å². The summed E-state index contributed by atoms with van der Waals surface area (Å²) in [6.07, 6.45) is -4.99. The molecule has 2 bridgehead atoms. The van der Waals surface area contributed by atoms with Gasteiger partial charge in [0, 0.05) is 14.0 Å². The first-order valence-electron chi connectivity index (χ1n) is 4.78. The topological polar surface area (TPSA) is 91.3 Å². The Bertz CT molecular complexity index is 315. The van der Waals surface area contributed by atoms with Crippen molar-refractivity contribution in [3.63, 3.8) is 0 Å². The predicted octanol–water partition coefficient (Wildman–Crippen LogP) is -1.42. The van der Waals surface area contributed by atoms with Crippen LogP contribution in [-0.4, -0.2) is 54.9 Å². The van der Waals surface area contributed by atoms with E-state index in [9.17, 15) is 14.7 Å². The van der Waals surface area contributed by atoms with Gasteiger partial charge in [-0.05, 0) is 0 Å². The zero-order chi connectivity index (χ0) is 11.9. The summed E-state index contributed by atoms with van der Waals surface area (Å²) in [5.74, 6) is -1.24. The van der Waals surface area contributed by atoms with Gasteiger partial charge in [-0.25, -0.2) is 4.79 Å². The minimum atomic E-state index is -1.14. The van der Waals surface area contributed by atoms with Gasteiger partial charge in [-0.1, -0.05) is 0 Å². The summed E-state index contributed by atoms with van der Waals surface area (Å²) in [6, 6.07) is 0. The highest BCUT2D eigenvalue weighted by atomic mass is 16.7. The maximum Gasteiger partial charge on any atom is 0.338 e. The molecule has 2 fully saturated rings. The Kier molecular flexibility index (Phi) is 2.83. The number of rotatable bonds is 2. The lowest BCUT2D eigenvalue weighted by Gasteiger charge is -2.34. The maximum atomic E-state index is 11.3. The van der Waals surface area contributed by atoms with Crippen LogP contribution in [0.4, 0.5) is 0 Å². The van der Waals surface area contributed by atoms with Crippen LogP contribution in [0.2, 0.25) is 0 Å². The van der Waals surface area contributed by atoms with E-state index in [1.807, 2.05) is 0 Å². The fourth-order valence-corrected chi connectivity index (χ4v) is 1.86. The maximum absolute atomic E-state index is 11.3. The first-order valence-corrected chi connectivity index (χ1v) is 4.78. The molecule has 0 radical (unpaired) electrons. The fraction of sp³-hybridized carbons (Fsp3) is 0.778. The van der Waals surface area contributed by atoms with Gasteiger partial charge in [-0.3, -0.25) is 4.79 Å². The van der Waals surface area contributed by atoms with Crippen LogP contribution in [0.3, 0.4) is 0 Å². The molecule has 7 nitrogen and oxygen atoms in total. The standard InChI is InChI=1S/C9H12O7/c1-3(10)14-7-5-4(11)6(8(12)15-5)16-9(7)13-2/h4-7,9,11H,1-2H3/t4-,5-,6-,7+,9-/m0/s1. The van der Waals surface area contributed by atoms with Crippen molar-refractivity contribution in [2.75, 3.05) is 7.11 Å². The molecule has 0 amide bonds. The van der Waals surface area contributed by atoms with Crippen molar-refractivity contribution in [3.8, 4) is 0 Å². The van der Waals surface area contributed by atoms with Crippen molar-refractivity contribution < 1.29 is 33.6 Å². The summed E-state index contributed by atoms with van der Waals surface area (Å²) in [7, 11) is 1.35. The fourth-order valence-electron chi connectivity index (χ4n) is 1.86. The van der Waals surface area contributed by atoms with Gasteiger partial charge >= 0.3 is 11.9 Å². The number of ether oxygens (including phenoxy) is 4. The van der Waals surface area contributed by atoms with E-state index in [4.69, 9.17) is 18.9 Å². The van der Waals surface area contributed by atoms with E-state index in [0.717, 1.165) is 0 Å². The molecular formula is C9H12O7. The van der Waals surface area contributed by atoms with Crippen LogP contribution < -0.4 is 0 Å². The average molecular weight is 232 g/mol. The Morgan fingerprint density at radius 2 is 2.19 bits per heavy atom. The molecule has 2 rings (SSSR count). The SMILES string of the molecule is CO[C@H]1O[C@@H]2C(=O)O[C@@H]([C@@H]2O)[C@H]1OC(C)=O. The smallest absolute Gasteiger partial charge is 0.338 e. The van der Waals surface area contributed by atoms with Crippen LogP contribution in [0.1, 0.15) is 6.92 Å². The number of fused-ring (bicyclic) bond motifs is 2. The molecule has 0 aliphatic carbocycles. The minimum Gasteiger partial charge on any atom is -0.453 e. The van der Waals surface area contributed by atoms with Crippen molar-refractivity contribution in [1.82, 2.24) is 0 Å². The van der Waals surface area contributed by atoms with Crippen molar-refractivity contribution in [2.24, 2.45) is 0 Å². The van der Waals surface area contributed by atoms with E-state index in [1.54, 1.807) is 0 Å². The monoisotopic (exact) mass is 232 g/mol. The van der Waals surface area contributed by atoms with Crippen molar-refractivity contribution >= 4 is 11.9 Å². The molecule has 0 unspecified atom stereocenters. The zero-order valence-electron chi connectivity index (χ0n) is 8.78. The van der Waals surface area contributed by atoms with E-state index < -0.39 is 42.6 Å².